The van der Waals surface area contributed by atoms with Crippen molar-refractivity contribution < 1.29 is 8.42 Å². The molecular weight excluding hydrogens is 246 g/mol. The number of sulfone groups is 1. The summed E-state index contributed by atoms with van der Waals surface area (Å²) in [6.45, 7) is 5.60. The van der Waals surface area contributed by atoms with Crippen molar-refractivity contribution in [3.8, 4) is 0 Å². The summed E-state index contributed by atoms with van der Waals surface area (Å²) >= 11 is 1.10. The zero-order valence-corrected chi connectivity index (χ0v) is 11.3. The molecule has 1 aromatic heterocycles. The van der Waals surface area contributed by atoms with Gasteiger partial charge in [0.15, 0.2) is 15.7 Å². The van der Waals surface area contributed by atoms with Crippen molar-refractivity contribution >= 4 is 32.2 Å². The third kappa shape index (κ3) is 2.65. The van der Waals surface area contributed by atoms with Gasteiger partial charge in [-0.2, -0.15) is 4.37 Å². The largest absolute Gasteiger partial charge is 0.382 e. The van der Waals surface area contributed by atoms with E-state index in [2.05, 4.69) is 9.69 Å². The molecule has 0 bridgehead atoms. The standard InChI is InChI=1S/C9H17N3O2S2/c1-4-6(3)11-9-7(8(10)12-15-9)16(13,14)5-2/h6,11H,4-5H2,1-3H3,(H2,10,12). The monoisotopic (exact) mass is 263 g/mol. The second kappa shape index (κ2) is 5.01. The Kier molecular flexibility index (Phi) is 4.15. The number of nitrogens with two attached hydrogens (primary N) is 1. The minimum Gasteiger partial charge on any atom is -0.382 e. The van der Waals surface area contributed by atoms with E-state index in [9.17, 15) is 8.42 Å². The van der Waals surface area contributed by atoms with Crippen LogP contribution in [-0.4, -0.2) is 24.6 Å². The van der Waals surface area contributed by atoms with E-state index in [0.717, 1.165) is 18.0 Å². The summed E-state index contributed by atoms with van der Waals surface area (Å²) in [5.41, 5.74) is 5.60. The second-order valence-corrected chi connectivity index (χ2v) is 6.57. The van der Waals surface area contributed by atoms with Gasteiger partial charge in [0.05, 0.1) is 5.75 Å². The van der Waals surface area contributed by atoms with E-state index in [1.54, 1.807) is 6.92 Å². The zero-order chi connectivity index (χ0) is 12.3. The molecule has 0 radical (unpaired) electrons. The summed E-state index contributed by atoms with van der Waals surface area (Å²) in [5.74, 6) is 0.128. The molecule has 0 fully saturated rings. The molecule has 1 heterocycles. The van der Waals surface area contributed by atoms with Gasteiger partial charge in [0.1, 0.15) is 9.90 Å². The molecule has 1 unspecified atom stereocenters. The van der Waals surface area contributed by atoms with E-state index in [1.807, 2.05) is 13.8 Å². The lowest BCUT2D eigenvalue weighted by atomic mass is 10.3. The Labute approximate surface area is 100 Å². The fourth-order valence-electron chi connectivity index (χ4n) is 1.16. The maximum Gasteiger partial charge on any atom is 0.184 e. The van der Waals surface area contributed by atoms with Crippen LogP contribution in [0.5, 0.6) is 0 Å². The van der Waals surface area contributed by atoms with E-state index in [1.165, 1.54) is 0 Å². The van der Waals surface area contributed by atoms with Crippen molar-refractivity contribution in [2.45, 2.75) is 38.1 Å². The van der Waals surface area contributed by atoms with Gasteiger partial charge in [0.25, 0.3) is 0 Å². The Balaban J connectivity index is 3.14. The lowest BCUT2D eigenvalue weighted by Crippen LogP contribution is -2.15. The number of nitrogens with zero attached hydrogens (tertiary/aromatic N) is 1. The number of hydrogen-bond donors (Lipinski definition) is 2. The topological polar surface area (TPSA) is 85.1 Å². The molecule has 0 aromatic carbocycles. The van der Waals surface area contributed by atoms with Crippen molar-refractivity contribution in [3.63, 3.8) is 0 Å². The van der Waals surface area contributed by atoms with Crippen LogP contribution in [0.3, 0.4) is 0 Å². The molecule has 1 atom stereocenters. The summed E-state index contributed by atoms with van der Waals surface area (Å²) in [5, 5.41) is 3.67. The van der Waals surface area contributed by atoms with Gasteiger partial charge in [-0.25, -0.2) is 8.42 Å². The molecule has 92 valence electrons. The fourth-order valence-corrected chi connectivity index (χ4v) is 3.42. The first kappa shape index (κ1) is 13.2. The van der Waals surface area contributed by atoms with Crippen molar-refractivity contribution in [1.82, 2.24) is 4.37 Å². The number of hydrogen-bond acceptors (Lipinski definition) is 6. The van der Waals surface area contributed by atoms with E-state index in [0.29, 0.717) is 5.00 Å². The van der Waals surface area contributed by atoms with Crippen LogP contribution < -0.4 is 11.1 Å². The van der Waals surface area contributed by atoms with Crippen LogP contribution in [-0.2, 0) is 9.84 Å². The third-order valence-electron chi connectivity index (χ3n) is 2.36. The molecular formula is C9H17N3O2S2. The Hall–Kier alpha value is -0.820. The smallest absolute Gasteiger partial charge is 0.184 e. The summed E-state index contributed by atoms with van der Waals surface area (Å²) in [6.07, 6.45) is 0.906. The predicted molar refractivity (Wildman–Crippen MR) is 67.6 cm³/mol. The van der Waals surface area contributed by atoms with Crippen molar-refractivity contribution in [2.24, 2.45) is 0 Å². The molecule has 0 saturated carbocycles. The molecule has 0 aliphatic rings. The van der Waals surface area contributed by atoms with Crippen LogP contribution in [0.15, 0.2) is 4.90 Å². The third-order valence-corrected chi connectivity index (χ3v) is 5.07. The summed E-state index contributed by atoms with van der Waals surface area (Å²) in [4.78, 5) is 0.153. The van der Waals surface area contributed by atoms with Crippen molar-refractivity contribution in [2.75, 3.05) is 16.8 Å². The van der Waals surface area contributed by atoms with Crippen LogP contribution in [0.1, 0.15) is 27.2 Å². The summed E-state index contributed by atoms with van der Waals surface area (Å²) in [7, 11) is -3.31. The van der Waals surface area contributed by atoms with Gasteiger partial charge < -0.3 is 11.1 Å². The SMILES string of the molecule is CCC(C)Nc1snc(N)c1S(=O)(=O)CC. The molecule has 0 aliphatic heterocycles. The number of anilines is 2. The molecule has 7 heteroatoms. The quantitative estimate of drug-likeness (QED) is 0.845. The van der Waals surface area contributed by atoms with Crippen LogP contribution in [0.2, 0.25) is 0 Å². The first-order chi connectivity index (χ1) is 7.42. The van der Waals surface area contributed by atoms with E-state index < -0.39 is 9.84 Å². The molecule has 0 saturated heterocycles. The normalized spacial score (nSPS) is 13.7. The average Bonchev–Trinajstić information content (AvgIpc) is 2.60. The molecule has 1 aromatic rings. The first-order valence-electron chi connectivity index (χ1n) is 5.16. The lowest BCUT2D eigenvalue weighted by molar-refractivity contribution is 0.598. The van der Waals surface area contributed by atoms with E-state index in [-0.39, 0.29) is 22.5 Å². The van der Waals surface area contributed by atoms with Gasteiger partial charge in [-0.15, -0.1) is 0 Å². The van der Waals surface area contributed by atoms with Crippen molar-refractivity contribution in [3.05, 3.63) is 0 Å². The van der Waals surface area contributed by atoms with Gasteiger partial charge in [-0.05, 0) is 24.9 Å². The lowest BCUT2D eigenvalue weighted by Gasteiger charge is -2.12. The molecule has 0 aliphatic carbocycles. The molecule has 0 spiro atoms. The average molecular weight is 263 g/mol. The number of nitrogens with one attached hydrogen (secondary N) is 1. The van der Waals surface area contributed by atoms with Gasteiger partial charge in [0.2, 0.25) is 0 Å². The van der Waals surface area contributed by atoms with E-state index >= 15 is 0 Å². The Bertz CT molecular complexity index is 453. The highest BCUT2D eigenvalue weighted by atomic mass is 32.2. The molecule has 1 rings (SSSR count). The van der Waals surface area contributed by atoms with Gasteiger partial charge in [0, 0.05) is 6.04 Å². The first-order valence-corrected chi connectivity index (χ1v) is 7.59. The highest BCUT2D eigenvalue weighted by Crippen LogP contribution is 2.32. The van der Waals surface area contributed by atoms with Crippen molar-refractivity contribution in [1.29, 1.82) is 0 Å². The summed E-state index contributed by atoms with van der Waals surface area (Å²) in [6, 6.07) is 0.200. The molecule has 0 amide bonds. The Morgan fingerprint density at radius 2 is 2.12 bits per heavy atom. The highest BCUT2D eigenvalue weighted by molar-refractivity contribution is 7.91. The molecule has 3 N–H and O–H groups in total. The zero-order valence-electron chi connectivity index (χ0n) is 9.65. The molecule has 5 nitrogen and oxygen atoms in total. The summed E-state index contributed by atoms with van der Waals surface area (Å²) < 4.78 is 27.5. The predicted octanol–water partition coefficient (Wildman–Crippen LogP) is 1.73. The minimum atomic E-state index is -3.31. The van der Waals surface area contributed by atoms with Gasteiger partial charge in [-0.3, -0.25) is 0 Å². The maximum atomic E-state index is 11.8. The van der Waals surface area contributed by atoms with Gasteiger partial charge in [-0.1, -0.05) is 13.8 Å². The van der Waals surface area contributed by atoms with E-state index in [4.69, 9.17) is 5.73 Å². The number of rotatable bonds is 5. The minimum absolute atomic E-state index is 0.0325. The Morgan fingerprint density at radius 1 is 1.50 bits per heavy atom. The van der Waals surface area contributed by atoms with Crippen LogP contribution >= 0.6 is 11.5 Å². The van der Waals surface area contributed by atoms with Crippen LogP contribution in [0, 0.1) is 0 Å². The number of nitrogen functional groups attached to an aromatic ring is 1. The van der Waals surface area contributed by atoms with Crippen LogP contribution in [0.25, 0.3) is 0 Å². The fraction of sp³-hybridized carbons (Fsp3) is 0.667. The Morgan fingerprint density at radius 3 is 2.62 bits per heavy atom. The maximum absolute atomic E-state index is 11.8. The molecule has 16 heavy (non-hydrogen) atoms. The van der Waals surface area contributed by atoms with Crippen LogP contribution in [0.4, 0.5) is 10.8 Å². The number of aromatic nitrogens is 1. The second-order valence-electron chi connectivity index (χ2n) is 3.58. The highest BCUT2D eigenvalue weighted by Gasteiger charge is 2.24. The van der Waals surface area contributed by atoms with Gasteiger partial charge >= 0.3 is 0 Å².